The number of nitrogens with one attached hydrogen (secondary N) is 1. The molecule has 2 aromatic heterocycles. The van der Waals surface area contributed by atoms with E-state index in [4.69, 9.17) is 23.2 Å². The summed E-state index contributed by atoms with van der Waals surface area (Å²) in [5.74, 6) is -1.47. The van der Waals surface area contributed by atoms with Crippen LogP contribution in [0.1, 0.15) is 16.1 Å². The Bertz CT molecular complexity index is 1490. The number of hydrogen-bond donors (Lipinski definition) is 2. The molecule has 0 unspecified atom stereocenters. The minimum atomic E-state index is -1.11. The van der Waals surface area contributed by atoms with Crippen molar-refractivity contribution in [3.63, 3.8) is 0 Å². The molecule has 0 amide bonds. The summed E-state index contributed by atoms with van der Waals surface area (Å²) in [5, 5.41) is 16.4. The van der Waals surface area contributed by atoms with E-state index in [0.29, 0.717) is 49.9 Å². The van der Waals surface area contributed by atoms with Crippen LogP contribution in [0.25, 0.3) is 33.3 Å². The van der Waals surface area contributed by atoms with Crippen LogP contribution in [0.5, 0.6) is 0 Å². The molecule has 0 aliphatic rings. The van der Waals surface area contributed by atoms with E-state index in [-0.39, 0.29) is 11.5 Å². The summed E-state index contributed by atoms with van der Waals surface area (Å²) in [6, 6.07) is 18.6. The largest absolute Gasteiger partial charge is 0.477 e. The molecule has 2 heterocycles. The fourth-order valence-electron chi connectivity index (χ4n) is 3.95. The van der Waals surface area contributed by atoms with Crippen molar-refractivity contribution in [2.45, 2.75) is 6.54 Å². The van der Waals surface area contributed by atoms with Crippen LogP contribution in [0, 0.1) is 5.82 Å². The van der Waals surface area contributed by atoms with E-state index in [0.717, 1.165) is 5.56 Å². The molecule has 0 bridgehead atoms. The Kier molecular flexibility index (Phi) is 5.40. The first-order valence-corrected chi connectivity index (χ1v) is 10.8. The van der Waals surface area contributed by atoms with Gasteiger partial charge >= 0.3 is 5.97 Å². The highest BCUT2D eigenvalue weighted by Crippen LogP contribution is 2.40. The minimum Gasteiger partial charge on any atom is -0.477 e. The highest BCUT2D eigenvalue weighted by molar-refractivity contribution is 6.31. The van der Waals surface area contributed by atoms with Crippen molar-refractivity contribution in [3.8, 4) is 22.4 Å². The zero-order valence-corrected chi connectivity index (χ0v) is 18.5. The second-order valence-electron chi connectivity index (χ2n) is 7.57. The second kappa shape index (κ2) is 8.39. The quantitative estimate of drug-likeness (QED) is 0.288. The number of benzene rings is 3. The number of rotatable bonds is 5. The van der Waals surface area contributed by atoms with Crippen molar-refractivity contribution in [1.82, 2.24) is 14.8 Å². The zero-order valence-electron chi connectivity index (χ0n) is 17.0. The van der Waals surface area contributed by atoms with Gasteiger partial charge in [0.1, 0.15) is 11.5 Å². The first-order valence-electron chi connectivity index (χ1n) is 10.0. The summed E-state index contributed by atoms with van der Waals surface area (Å²) in [6.07, 6.45) is 1.67. The topological polar surface area (TPSA) is 70.9 Å². The van der Waals surface area contributed by atoms with E-state index in [9.17, 15) is 14.3 Å². The Labute approximate surface area is 198 Å². The number of hydrogen-bond acceptors (Lipinski definition) is 2. The van der Waals surface area contributed by atoms with Gasteiger partial charge in [0.05, 0.1) is 18.4 Å². The van der Waals surface area contributed by atoms with Gasteiger partial charge in [-0.1, -0.05) is 53.5 Å². The van der Waals surface area contributed by atoms with E-state index in [1.807, 2.05) is 12.1 Å². The highest BCUT2D eigenvalue weighted by Gasteiger charge is 2.25. The fraction of sp³-hybridized carbons (Fsp3) is 0.0400. The minimum absolute atomic E-state index is 0.0217. The molecule has 33 heavy (non-hydrogen) atoms. The molecule has 164 valence electrons. The molecule has 0 fully saturated rings. The average Bonchev–Trinajstić information content (AvgIpc) is 3.36. The summed E-state index contributed by atoms with van der Waals surface area (Å²) in [4.78, 5) is 15.2. The van der Waals surface area contributed by atoms with Crippen LogP contribution in [0.4, 0.5) is 4.39 Å². The molecule has 8 heteroatoms. The molecule has 0 aliphatic heterocycles. The van der Waals surface area contributed by atoms with Gasteiger partial charge in [-0.2, -0.15) is 5.10 Å². The summed E-state index contributed by atoms with van der Waals surface area (Å²) in [5.41, 5.74) is 4.04. The third-order valence-corrected chi connectivity index (χ3v) is 5.94. The monoisotopic (exact) mass is 479 g/mol. The molecule has 0 aliphatic carbocycles. The van der Waals surface area contributed by atoms with E-state index in [1.165, 1.54) is 12.1 Å². The lowest BCUT2D eigenvalue weighted by Crippen LogP contribution is -2.07. The Morgan fingerprint density at radius 3 is 2.39 bits per heavy atom. The first kappa shape index (κ1) is 21.2. The number of aromatic nitrogens is 3. The molecule has 5 nitrogen and oxygen atoms in total. The molecule has 0 spiro atoms. The third kappa shape index (κ3) is 3.99. The number of carboxylic acids is 1. The number of halogens is 3. The van der Waals surface area contributed by atoms with E-state index in [2.05, 4.69) is 10.1 Å². The van der Waals surface area contributed by atoms with Crippen LogP contribution >= 0.6 is 23.2 Å². The van der Waals surface area contributed by atoms with E-state index < -0.39 is 5.97 Å². The fourth-order valence-corrected chi connectivity index (χ4v) is 4.25. The molecule has 0 radical (unpaired) electrons. The van der Waals surface area contributed by atoms with Gasteiger partial charge in [-0.05, 0) is 47.5 Å². The van der Waals surface area contributed by atoms with Crippen molar-refractivity contribution in [2.24, 2.45) is 0 Å². The lowest BCUT2D eigenvalue weighted by Gasteiger charge is -2.12. The van der Waals surface area contributed by atoms with Crippen molar-refractivity contribution in [1.29, 1.82) is 0 Å². The maximum absolute atomic E-state index is 13.6. The number of H-pyrrole nitrogens is 1. The van der Waals surface area contributed by atoms with E-state index in [1.54, 1.807) is 53.3 Å². The van der Waals surface area contributed by atoms with Gasteiger partial charge in [0.25, 0.3) is 0 Å². The number of fused-ring (bicyclic) bond motifs is 1. The van der Waals surface area contributed by atoms with Gasteiger partial charge in [0.15, 0.2) is 0 Å². The highest BCUT2D eigenvalue weighted by atomic mass is 35.5. The van der Waals surface area contributed by atoms with Gasteiger partial charge in [0.2, 0.25) is 0 Å². The maximum atomic E-state index is 13.6. The Balaban J connectivity index is 1.78. The van der Waals surface area contributed by atoms with Crippen LogP contribution in [0.2, 0.25) is 10.0 Å². The summed E-state index contributed by atoms with van der Waals surface area (Å²) in [6.45, 7) is 0.382. The zero-order chi connectivity index (χ0) is 23.1. The Hall–Kier alpha value is -3.61. The van der Waals surface area contributed by atoms with Crippen molar-refractivity contribution >= 4 is 40.1 Å². The predicted molar refractivity (Wildman–Crippen MR) is 127 cm³/mol. The Morgan fingerprint density at radius 1 is 1.00 bits per heavy atom. The number of aromatic amines is 1. The van der Waals surface area contributed by atoms with Crippen LogP contribution in [0.15, 0.2) is 72.9 Å². The van der Waals surface area contributed by atoms with Crippen molar-refractivity contribution < 1.29 is 14.3 Å². The Morgan fingerprint density at radius 2 is 1.70 bits per heavy atom. The molecular formula is C25H16Cl2FN3O2. The molecule has 0 atom stereocenters. The van der Waals surface area contributed by atoms with Crippen molar-refractivity contribution in [3.05, 3.63) is 100 Å². The number of aromatic carboxylic acids is 1. The maximum Gasteiger partial charge on any atom is 0.353 e. The number of carboxylic acid groups (broad SMARTS) is 1. The third-order valence-electron chi connectivity index (χ3n) is 5.45. The first-order chi connectivity index (χ1) is 15.9. The van der Waals surface area contributed by atoms with Crippen molar-refractivity contribution in [2.75, 3.05) is 0 Å². The lowest BCUT2D eigenvalue weighted by molar-refractivity contribution is 0.0692. The summed E-state index contributed by atoms with van der Waals surface area (Å²) in [7, 11) is 0. The SMILES string of the molecule is O=C(O)c1[nH]c2cc(Cl)ccc2c1-c1c(-c2ccc(F)cc2)cnn1Cc1ccc(Cl)cc1. The predicted octanol–water partition coefficient (Wildman–Crippen LogP) is 6.89. The molecule has 5 rings (SSSR count). The molecule has 0 saturated heterocycles. The average molecular weight is 480 g/mol. The molecular weight excluding hydrogens is 464 g/mol. The smallest absolute Gasteiger partial charge is 0.353 e. The molecule has 5 aromatic rings. The van der Waals surface area contributed by atoms with Gasteiger partial charge < -0.3 is 10.1 Å². The van der Waals surface area contributed by atoms with Crippen LogP contribution < -0.4 is 0 Å². The van der Waals surface area contributed by atoms with E-state index >= 15 is 0 Å². The summed E-state index contributed by atoms with van der Waals surface area (Å²) >= 11 is 12.2. The summed E-state index contributed by atoms with van der Waals surface area (Å²) < 4.78 is 15.3. The number of carbonyl (C=O) groups is 1. The number of nitrogens with zero attached hydrogens (tertiary/aromatic N) is 2. The van der Waals surface area contributed by atoms with Gasteiger partial charge in [-0.25, -0.2) is 9.18 Å². The molecule has 0 saturated carbocycles. The molecule has 2 N–H and O–H groups in total. The van der Waals surface area contributed by atoms with Gasteiger partial charge in [0, 0.05) is 32.1 Å². The lowest BCUT2D eigenvalue weighted by atomic mass is 9.99. The standard InChI is InChI=1S/C25H16Cl2FN3O2/c26-16-5-1-14(2-6-16)13-31-24(20(12-29-31)15-3-8-18(28)9-4-15)22-19-10-7-17(27)11-21(19)30-23(22)25(32)33/h1-12,30H,13H2,(H,32,33). The second-order valence-corrected chi connectivity index (χ2v) is 8.44. The van der Waals surface area contributed by atoms with Crippen LogP contribution in [-0.2, 0) is 6.54 Å². The normalized spacial score (nSPS) is 11.2. The van der Waals surface area contributed by atoms with Crippen LogP contribution in [0.3, 0.4) is 0 Å². The molecule has 3 aromatic carbocycles. The van der Waals surface area contributed by atoms with Gasteiger partial charge in [-0.15, -0.1) is 0 Å². The van der Waals surface area contributed by atoms with Crippen LogP contribution in [-0.4, -0.2) is 25.8 Å². The van der Waals surface area contributed by atoms with Gasteiger partial charge in [-0.3, -0.25) is 4.68 Å².